The summed E-state index contributed by atoms with van der Waals surface area (Å²) in [7, 11) is -1.26. The van der Waals surface area contributed by atoms with Gasteiger partial charge in [-0.25, -0.2) is 4.79 Å². The Hall–Kier alpha value is -3.33. The predicted molar refractivity (Wildman–Crippen MR) is 122 cm³/mol. The molecule has 0 bridgehead atoms. The van der Waals surface area contributed by atoms with Gasteiger partial charge in [-0.15, -0.1) is 0 Å². The summed E-state index contributed by atoms with van der Waals surface area (Å²) in [6, 6.07) is 19.6. The molecular weight excluding hydrogens is 469 g/mol. The number of hydrogen-bond donors (Lipinski definition) is 1. The first kappa shape index (κ1) is 25.3. The number of hydrogen-bond acceptors (Lipinski definition) is 4. The van der Waals surface area contributed by atoms with Gasteiger partial charge in [-0.2, -0.15) is 13.2 Å². The highest BCUT2D eigenvalue weighted by molar-refractivity contribution is 7.84. The fourth-order valence-corrected chi connectivity index (χ4v) is 4.35. The van der Waals surface area contributed by atoms with E-state index >= 15 is 0 Å². The van der Waals surface area contributed by atoms with E-state index in [0.717, 1.165) is 17.7 Å². The third-order valence-corrected chi connectivity index (χ3v) is 6.33. The van der Waals surface area contributed by atoms with Gasteiger partial charge < -0.3 is 14.6 Å². The molecule has 34 heavy (non-hydrogen) atoms. The number of halogens is 3. The zero-order valence-corrected chi connectivity index (χ0v) is 19.1. The highest BCUT2D eigenvalue weighted by Crippen LogP contribution is 2.32. The van der Waals surface area contributed by atoms with Crippen LogP contribution in [0, 0.1) is 0 Å². The lowest BCUT2D eigenvalue weighted by Gasteiger charge is -2.26. The van der Waals surface area contributed by atoms with Gasteiger partial charge in [-0.1, -0.05) is 30.3 Å². The number of ether oxygens (including phenoxy) is 2. The molecular formula is C25H23F3O5S. The van der Waals surface area contributed by atoms with Crippen molar-refractivity contribution in [2.45, 2.75) is 30.9 Å². The van der Waals surface area contributed by atoms with Gasteiger partial charge in [0.2, 0.25) is 5.60 Å². The maximum Gasteiger partial charge on any atom is 0.416 e. The van der Waals surface area contributed by atoms with Crippen molar-refractivity contribution in [1.82, 2.24) is 0 Å². The fraction of sp³-hybridized carbons (Fsp3) is 0.240. The topological polar surface area (TPSA) is 72.8 Å². The summed E-state index contributed by atoms with van der Waals surface area (Å²) in [6.07, 6.45) is -4.39. The Bertz CT molecular complexity index is 1120. The van der Waals surface area contributed by atoms with Crippen molar-refractivity contribution in [2.24, 2.45) is 0 Å². The summed E-state index contributed by atoms with van der Waals surface area (Å²) in [5.74, 6) is 0.109. The molecule has 180 valence electrons. The minimum Gasteiger partial charge on any atom is -0.478 e. The molecule has 0 heterocycles. The van der Waals surface area contributed by atoms with E-state index in [2.05, 4.69) is 0 Å². The normalized spacial score (nSPS) is 14.1. The third-order valence-electron chi connectivity index (χ3n) is 5.01. The van der Waals surface area contributed by atoms with Gasteiger partial charge in [0.05, 0.1) is 5.56 Å². The Morgan fingerprint density at radius 3 is 1.94 bits per heavy atom. The van der Waals surface area contributed by atoms with Gasteiger partial charge in [0.25, 0.3) is 0 Å². The van der Waals surface area contributed by atoms with Crippen molar-refractivity contribution in [2.75, 3.05) is 5.75 Å². The Labute approximate surface area is 197 Å². The molecule has 2 unspecified atom stereocenters. The van der Waals surface area contributed by atoms with E-state index in [9.17, 15) is 27.3 Å². The van der Waals surface area contributed by atoms with E-state index in [4.69, 9.17) is 9.47 Å². The van der Waals surface area contributed by atoms with Crippen molar-refractivity contribution in [3.63, 3.8) is 0 Å². The molecule has 3 rings (SSSR count). The van der Waals surface area contributed by atoms with Crippen LogP contribution in [0.4, 0.5) is 13.2 Å². The molecule has 0 aliphatic heterocycles. The van der Waals surface area contributed by atoms with Crippen molar-refractivity contribution in [3.8, 4) is 17.2 Å². The second-order valence-electron chi connectivity index (χ2n) is 7.76. The van der Waals surface area contributed by atoms with Gasteiger partial charge in [-0.05, 0) is 61.0 Å². The van der Waals surface area contributed by atoms with Crippen LogP contribution >= 0.6 is 0 Å². The van der Waals surface area contributed by atoms with E-state index < -0.39 is 34.1 Å². The standard InChI is InChI=1S/C25H23F3O5S/c1-24(23(29)30,15-16-34(31)17-18-5-3-2-4-6-18)33-22-13-11-21(12-14-22)32-20-9-7-19(8-10-20)25(26,27)28/h2-14H,15-17H2,1H3,(H,29,30). The van der Waals surface area contributed by atoms with E-state index in [1.54, 1.807) is 0 Å². The zero-order valence-electron chi connectivity index (χ0n) is 18.2. The zero-order chi connectivity index (χ0) is 24.8. The molecule has 3 aromatic rings. The van der Waals surface area contributed by atoms with Crippen LogP contribution in [0.3, 0.4) is 0 Å². The summed E-state index contributed by atoms with van der Waals surface area (Å²) in [5.41, 5.74) is -1.47. The lowest BCUT2D eigenvalue weighted by molar-refractivity contribution is -0.153. The van der Waals surface area contributed by atoms with Crippen LogP contribution in [0.15, 0.2) is 78.9 Å². The molecule has 0 spiro atoms. The fourth-order valence-electron chi connectivity index (χ4n) is 3.03. The lowest BCUT2D eigenvalue weighted by Crippen LogP contribution is -2.42. The Morgan fingerprint density at radius 1 is 0.882 bits per heavy atom. The van der Waals surface area contributed by atoms with Crippen LogP contribution in [0.5, 0.6) is 17.2 Å². The number of rotatable bonds is 10. The number of carbonyl (C=O) groups is 1. The van der Waals surface area contributed by atoms with Gasteiger partial charge in [-0.3, -0.25) is 4.21 Å². The monoisotopic (exact) mass is 492 g/mol. The summed E-state index contributed by atoms with van der Waals surface area (Å²) >= 11 is 0. The van der Waals surface area contributed by atoms with E-state index in [-0.39, 0.29) is 23.7 Å². The molecule has 0 saturated carbocycles. The first-order chi connectivity index (χ1) is 16.0. The number of carboxylic acids is 1. The average Bonchev–Trinajstić information content (AvgIpc) is 2.79. The largest absolute Gasteiger partial charge is 0.478 e. The maximum absolute atomic E-state index is 12.7. The van der Waals surface area contributed by atoms with Crippen molar-refractivity contribution < 1.29 is 36.8 Å². The SMILES string of the molecule is CC(CCS(=O)Cc1ccccc1)(Oc1ccc(Oc2ccc(C(F)(F)F)cc2)cc1)C(=O)O. The highest BCUT2D eigenvalue weighted by atomic mass is 32.2. The van der Waals surface area contributed by atoms with Gasteiger partial charge in [0, 0.05) is 28.7 Å². The minimum atomic E-state index is -4.43. The molecule has 0 fully saturated rings. The summed E-state index contributed by atoms with van der Waals surface area (Å²) in [6.45, 7) is 1.42. The van der Waals surface area contributed by atoms with Crippen LogP contribution in [0.1, 0.15) is 24.5 Å². The quantitative estimate of drug-likeness (QED) is 0.373. The number of alkyl halides is 3. The van der Waals surface area contributed by atoms with E-state index in [1.165, 1.54) is 43.3 Å². The first-order valence-electron chi connectivity index (χ1n) is 10.3. The highest BCUT2D eigenvalue weighted by Gasteiger charge is 2.36. The van der Waals surface area contributed by atoms with Crippen molar-refractivity contribution in [3.05, 3.63) is 90.0 Å². The second kappa shape index (κ2) is 10.7. The van der Waals surface area contributed by atoms with Crippen molar-refractivity contribution in [1.29, 1.82) is 0 Å². The minimum absolute atomic E-state index is 0.0333. The molecule has 0 radical (unpaired) electrons. The molecule has 1 N–H and O–H groups in total. The Balaban J connectivity index is 1.59. The average molecular weight is 493 g/mol. The second-order valence-corrected chi connectivity index (χ2v) is 9.33. The molecule has 9 heteroatoms. The summed E-state index contributed by atoms with van der Waals surface area (Å²) < 4.78 is 61.7. The van der Waals surface area contributed by atoms with Crippen molar-refractivity contribution >= 4 is 16.8 Å². The molecule has 0 aliphatic carbocycles. The maximum atomic E-state index is 12.7. The van der Waals surface area contributed by atoms with Gasteiger partial charge in [0.1, 0.15) is 17.2 Å². The van der Waals surface area contributed by atoms with Crippen LogP contribution in [0.2, 0.25) is 0 Å². The molecule has 5 nitrogen and oxygen atoms in total. The van der Waals surface area contributed by atoms with Gasteiger partial charge >= 0.3 is 12.1 Å². The summed E-state index contributed by atoms with van der Waals surface area (Å²) in [5, 5.41) is 9.70. The number of carboxylic acid groups (broad SMARTS) is 1. The van der Waals surface area contributed by atoms with Crippen LogP contribution in [-0.2, 0) is 27.5 Å². The molecule has 2 atom stereocenters. The third kappa shape index (κ3) is 7.08. The molecule has 0 saturated heterocycles. The molecule has 3 aromatic carbocycles. The predicted octanol–water partition coefficient (Wildman–Crippen LogP) is 6.06. The van der Waals surface area contributed by atoms with E-state index in [0.29, 0.717) is 11.5 Å². The first-order valence-corrected chi connectivity index (χ1v) is 11.8. The molecule has 0 aliphatic rings. The van der Waals surface area contributed by atoms with Crippen LogP contribution in [0.25, 0.3) is 0 Å². The lowest BCUT2D eigenvalue weighted by atomic mass is 10.0. The van der Waals surface area contributed by atoms with Crippen LogP contribution in [-0.4, -0.2) is 26.6 Å². The van der Waals surface area contributed by atoms with Gasteiger partial charge in [0.15, 0.2) is 0 Å². The molecule has 0 amide bonds. The molecule has 0 aromatic heterocycles. The van der Waals surface area contributed by atoms with E-state index in [1.807, 2.05) is 30.3 Å². The summed E-state index contributed by atoms with van der Waals surface area (Å²) in [4.78, 5) is 11.9. The Morgan fingerprint density at radius 2 is 1.41 bits per heavy atom. The van der Waals surface area contributed by atoms with Crippen LogP contribution < -0.4 is 9.47 Å². The number of aliphatic carboxylic acids is 1. The number of benzene rings is 3. The Kier molecular flexibility index (Phi) is 7.98. The smallest absolute Gasteiger partial charge is 0.416 e.